The molecule has 0 radical (unpaired) electrons. The first-order chi connectivity index (χ1) is 17.0. The van der Waals surface area contributed by atoms with Gasteiger partial charge in [0.1, 0.15) is 5.82 Å². The van der Waals surface area contributed by atoms with E-state index in [4.69, 9.17) is 4.98 Å². The average Bonchev–Trinajstić information content (AvgIpc) is 3.56. The van der Waals surface area contributed by atoms with Gasteiger partial charge in [-0.2, -0.15) is 5.10 Å². The zero-order chi connectivity index (χ0) is 24.8. The third-order valence-electron chi connectivity index (χ3n) is 5.92. The highest BCUT2D eigenvalue weighted by atomic mass is 32.1. The van der Waals surface area contributed by atoms with Crippen molar-refractivity contribution in [1.29, 1.82) is 0 Å². The normalized spacial score (nSPS) is 12.3. The van der Waals surface area contributed by atoms with Gasteiger partial charge in [-0.1, -0.05) is 19.9 Å². The van der Waals surface area contributed by atoms with Crippen molar-refractivity contribution in [2.45, 2.75) is 26.8 Å². The van der Waals surface area contributed by atoms with Gasteiger partial charge in [0.05, 0.1) is 34.6 Å². The molecule has 4 heterocycles. The Morgan fingerprint density at radius 2 is 2.03 bits per heavy atom. The number of hydrogen-bond acceptors (Lipinski definition) is 8. The first-order valence-electron chi connectivity index (χ1n) is 11.8. The number of fused-ring (bicyclic) bond motifs is 1. The molecular formula is C25H31N7O2S. The summed E-state index contributed by atoms with van der Waals surface area (Å²) >= 11 is 1.62. The fourth-order valence-electron chi connectivity index (χ4n) is 4.00. The predicted molar refractivity (Wildman–Crippen MR) is 140 cm³/mol. The van der Waals surface area contributed by atoms with Crippen LogP contribution in [0.5, 0.6) is 0 Å². The lowest BCUT2D eigenvalue weighted by Crippen LogP contribution is -2.42. The summed E-state index contributed by atoms with van der Waals surface area (Å²) in [7, 11) is 0. The summed E-state index contributed by atoms with van der Waals surface area (Å²) in [5.74, 6) is 0.329. The number of anilines is 1. The van der Waals surface area contributed by atoms with Crippen molar-refractivity contribution in [3.63, 3.8) is 0 Å². The minimum Gasteiger partial charge on any atom is -0.395 e. The van der Waals surface area contributed by atoms with Crippen LogP contribution in [0.3, 0.4) is 0 Å². The van der Waals surface area contributed by atoms with Gasteiger partial charge >= 0.3 is 0 Å². The molecule has 10 heteroatoms. The van der Waals surface area contributed by atoms with E-state index in [2.05, 4.69) is 46.4 Å². The number of aliphatic hydroxyl groups is 1. The molecule has 0 bridgehead atoms. The summed E-state index contributed by atoms with van der Waals surface area (Å²) in [5, 5.41) is 21.8. The van der Waals surface area contributed by atoms with Crippen molar-refractivity contribution in [3.05, 3.63) is 53.7 Å². The topological polar surface area (TPSA) is 108 Å². The number of aromatic nitrogens is 4. The van der Waals surface area contributed by atoms with Crippen molar-refractivity contribution in [2.24, 2.45) is 0 Å². The van der Waals surface area contributed by atoms with Gasteiger partial charge in [-0.05, 0) is 49.7 Å². The molecular weight excluding hydrogens is 462 g/mol. The van der Waals surface area contributed by atoms with Crippen LogP contribution in [0.2, 0.25) is 0 Å². The lowest BCUT2D eigenvalue weighted by Gasteiger charge is -2.26. The molecule has 0 spiro atoms. The number of amides is 1. The third-order valence-corrected chi connectivity index (χ3v) is 6.81. The van der Waals surface area contributed by atoms with E-state index >= 15 is 0 Å². The lowest BCUT2D eigenvalue weighted by molar-refractivity contribution is 0.0938. The molecule has 1 atom stereocenters. The molecule has 4 aromatic heterocycles. The zero-order valence-corrected chi connectivity index (χ0v) is 21.0. The van der Waals surface area contributed by atoms with Gasteiger partial charge in [0.25, 0.3) is 5.91 Å². The van der Waals surface area contributed by atoms with Crippen LogP contribution in [0.1, 0.15) is 31.1 Å². The highest BCUT2D eigenvalue weighted by Gasteiger charge is 2.17. The minimum atomic E-state index is -0.177. The quantitative estimate of drug-likeness (QED) is 0.294. The summed E-state index contributed by atoms with van der Waals surface area (Å²) < 4.78 is 1.70. The van der Waals surface area contributed by atoms with Crippen LogP contribution in [0.25, 0.3) is 27.5 Å². The standard InChI is InChI=1S/C25H31N7O2S/c1-4-31(5-2)17(3)15-27-25(34)18-13-21(29-23(14-18)26-9-11-33)19-16-28-32-10-8-20(30-24(19)32)22-7-6-12-35-22/h6-8,10,12-14,16-17,33H,4-5,9,11,15H2,1-3H3,(H,26,29)(H,27,34)/t17-/m0/s1. The molecule has 0 aliphatic carbocycles. The highest BCUT2D eigenvalue weighted by Crippen LogP contribution is 2.28. The van der Waals surface area contributed by atoms with Gasteiger partial charge < -0.3 is 15.7 Å². The molecule has 0 saturated carbocycles. The van der Waals surface area contributed by atoms with Gasteiger partial charge in [0.2, 0.25) is 0 Å². The van der Waals surface area contributed by atoms with Gasteiger partial charge in [0.15, 0.2) is 5.65 Å². The summed E-state index contributed by atoms with van der Waals surface area (Å²) in [5.41, 5.74) is 3.30. The Morgan fingerprint density at radius 3 is 2.74 bits per heavy atom. The molecule has 1 amide bonds. The Bertz CT molecular complexity index is 1270. The Hall–Kier alpha value is -3.34. The van der Waals surface area contributed by atoms with Gasteiger partial charge in [-0.3, -0.25) is 9.69 Å². The van der Waals surface area contributed by atoms with Crippen LogP contribution in [0, 0.1) is 0 Å². The number of aliphatic hydroxyl groups excluding tert-OH is 1. The van der Waals surface area contributed by atoms with E-state index in [9.17, 15) is 9.90 Å². The predicted octanol–water partition coefficient (Wildman–Crippen LogP) is 3.38. The summed E-state index contributed by atoms with van der Waals surface area (Å²) in [6.07, 6.45) is 3.58. The van der Waals surface area contributed by atoms with Crippen molar-refractivity contribution in [2.75, 3.05) is 38.1 Å². The first-order valence-corrected chi connectivity index (χ1v) is 12.7. The van der Waals surface area contributed by atoms with E-state index in [0.717, 1.165) is 29.2 Å². The number of nitrogens with zero attached hydrogens (tertiary/aromatic N) is 5. The molecule has 0 unspecified atom stereocenters. The third kappa shape index (κ3) is 5.67. The Balaban J connectivity index is 1.67. The van der Waals surface area contributed by atoms with Crippen molar-refractivity contribution in [3.8, 4) is 21.8 Å². The molecule has 35 heavy (non-hydrogen) atoms. The Morgan fingerprint density at radius 1 is 1.20 bits per heavy atom. The van der Waals surface area contributed by atoms with Crippen molar-refractivity contribution in [1.82, 2.24) is 29.8 Å². The molecule has 9 nitrogen and oxygen atoms in total. The van der Waals surface area contributed by atoms with Crippen LogP contribution in [0.15, 0.2) is 48.1 Å². The van der Waals surface area contributed by atoms with E-state index in [0.29, 0.717) is 35.8 Å². The lowest BCUT2D eigenvalue weighted by atomic mass is 10.1. The maximum Gasteiger partial charge on any atom is 0.251 e. The second-order valence-corrected chi connectivity index (χ2v) is 9.12. The van der Waals surface area contributed by atoms with Crippen LogP contribution < -0.4 is 10.6 Å². The molecule has 0 fully saturated rings. The monoisotopic (exact) mass is 493 g/mol. The van der Waals surface area contributed by atoms with Crippen molar-refractivity contribution < 1.29 is 9.90 Å². The minimum absolute atomic E-state index is 0.0444. The number of thiophene rings is 1. The number of rotatable bonds is 11. The Labute approximate surface area is 208 Å². The molecule has 0 aliphatic rings. The van der Waals surface area contributed by atoms with Crippen LogP contribution in [-0.2, 0) is 0 Å². The van der Waals surface area contributed by atoms with Crippen LogP contribution in [0.4, 0.5) is 5.82 Å². The fraction of sp³-hybridized carbons (Fsp3) is 0.360. The Kier molecular flexibility index (Phi) is 8.06. The maximum atomic E-state index is 13.1. The van der Waals surface area contributed by atoms with Crippen LogP contribution in [-0.4, -0.2) is 74.3 Å². The molecule has 0 saturated heterocycles. The summed E-state index contributed by atoms with van der Waals surface area (Å²) in [6, 6.07) is 9.64. The second-order valence-electron chi connectivity index (χ2n) is 8.17. The van der Waals surface area contributed by atoms with E-state index in [1.165, 1.54) is 0 Å². The van der Waals surface area contributed by atoms with Gasteiger partial charge in [-0.15, -0.1) is 11.3 Å². The second kappa shape index (κ2) is 11.4. The average molecular weight is 494 g/mol. The van der Waals surface area contributed by atoms with Gasteiger partial charge in [-0.25, -0.2) is 14.5 Å². The molecule has 4 aromatic rings. The van der Waals surface area contributed by atoms with E-state index in [1.54, 1.807) is 34.2 Å². The highest BCUT2D eigenvalue weighted by molar-refractivity contribution is 7.13. The number of carbonyl (C=O) groups is 1. The van der Waals surface area contributed by atoms with Gasteiger partial charge in [0, 0.05) is 30.9 Å². The smallest absolute Gasteiger partial charge is 0.251 e. The SMILES string of the molecule is CCN(CC)[C@@H](C)CNC(=O)c1cc(NCCO)nc(-c2cnn3ccc(-c4cccs4)nc23)c1. The van der Waals surface area contributed by atoms with E-state index < -0.39 is 0 Å². The molecule has 184 valence electrons. The number of carbonyl (C=O) groups excluding carboxylic acids is 1. The first kappa shape index (κ1) is 24.8. The summed E-state index contributed by atoms with van der Waals surface area (Å²) in [6.45, 7) is 9.02. The maximum absolute atomic E-state index is 13.1. The molecule has 4 rings (SSSR count). The van der Waals surface area contributed by atoms with Crippen molar-refractivity contribution >= 4 is 28.7 Å². The zero-order valence-electron chi connectivity index (χ0n) is 20.2. The fourth-order valence-corrected chi connectivity index (χ4v) is 4.70. The summed E-state index contributed by atoms with van der Waals surface area (Å²) in [4.78, 5) is 26.0. The van der Waals surface area contributed by atoms with Crippen LogP contribution >= 0.6 is 11.3 Å². The van der Waals surface area contributed by atoms with E-state index in [-0.39, 0.29) is 18.6 Å². The largest absolute Gasteiger partial charge is 0.395 e. The number of likely N-dealkylation sites (N-methyl/N-ethyl adjacent to an activating group) is 1. The van der Waals surface area contributed by atoms with E-state index in [1.807, 2.05) is 29.8 Å². The molecule has 0 aliphatic heterocycles. The number of nitrogens with one attached hydrogen (secondary N) is 2. The molecule has 0 aromatic carbocycles. The number of hydrogen-bond donors (Lipinski definition) is 3. The molecule has 3 N–H and O–H groups in total. The number of pyridine rings is 1.